The number of ether oxygens (including phenoxy) is 1. The van der Waals surface area contributed by atoms with Gasteiger partial charge in [0.05, 0.1) is 6.61 Å². The third kappa shape index (κ3) is 3.30. The highest BCUT2D eigenvalue weighted by Gasteiger charge is 2.39. The molecule has 0 spiro atoms. The van der Waals surface area contributed by atoms with E-state index in [0.717, 1.165) is 54.2 Å². The molecule has 1 unspecified atom stereocenters. The van der Waals surface area contributed by atoms with Gasteiger partial charge < -0.3 is 20.7 Å². The maximum Gasteiger partial charge on any atom is 0.229 e. The Hall–Kier alpha value is -2.34. The lowest BCUT2D eigenvalue weighted by Gasteiger charge is -2.25. The zero-order valence-electron chi connectivity index (χ0n) is 16.7. The Morgan fingerprint density at radius 2 is 1.93 bits per heavy atom. The fourth-order valence-corrected chi connectivity index (χ4v) is 5.19. The van der Waals surface area contributed by atoms with E-state index in [-0.39, 0.29) is 0 Å². The van der Waals surface area contributed by atoms with Gasteiger partial charge in [-0.2, -0.15) is 4.98 Å². The van der Waals surface area contributed by atoms with E-state index < -0.39 is 0 Å². The summed E-state index contributed by atoms with van der Waals surface area (Å²) in [6.07, 6.45) is 4.69. The van der Waals surface area contributed by atoms with E-state index >= 15 is 0 Å². The summed E-state index contributed by atoms with van der Waals surface area (Å²) < 4.78 is 6.17. The number of anilines is 3. The van der Waals surface area contributed by atoms with Crippen LogP contribution in [0.25, 0.3) is 0 Å². The number of benzene rings is 1. The SMILES string of the molecule is CNc1cc(C)nc(Nc2cc3c(c(C4C[C@H]5CNC[C@H]5C4)c2)OCCC3)n1. The fourth-order valence-electron chi connectivity index (χ4n) is 5.19. The Labute approximate surface area is 166 Å². The summed E-state index contributed by atoms with van der Waals surface area (Å²) in [4.78, 5) is 9.12. The summed E-state index contributed by atoms with van der Waals surface area (Å²) in [5.74, 6) is 4.85. The van der Waals surface area contributed by atoms with E-state index in [1.54, 1.807) is 0 Å². The Bertz CT molecular complexity index is 871. The van der Waals surface area contributed by atoms with E-state index in [0.29, 0.717) is 11.9 Å². The molecule has 1 saturated heterocycles. The van der Waals surface area contributed by atoms with E-state index in [2.05, 4.69) is 38.1 Å². The second-order valence-corrected chi connectivity index (χ2v) is 8.45. The van der Waals surface area contributed by atoms with Crippen LogP contribution in [0.15, 0.2) is 18.2 Å². The first kappa shape index (κ1) is 17.7. The number of nitrogens with one attached hydrogen (secondary N) is 3. The molecule has 3 heterocycles. The van der Waals surface area contributed by atoms with Gasteiger partial charge in [-0.1, -0.05) is 0 Å². The molecular weight excluding hydrogens is 350 g/mol. The third-order valence-electron chi connectivity index (χ3n) is 6.49. The molecule has 6 heteroatoms. The molecule has 1 saturated carbocycles. The number of aryl methyl sites for hydroxylation is 2. The largest absolute Gasteiger partial charge is 0.493 e. The first-order chi connectivity index (χ1) is 13.7. The number of aromatic nitrogens is 2. The number of fused-ring (bicyclic) bond motifs is 2. The average Bonchev–Trinajstić information content (AvgIpc) is 3.29. The van der Waals surface area contributed by atoms with Crippen molar-refractivity contribution >= 4 is 17.5 Å². The van der Waals surface area contributed by atoms with Crippen LogP contribution in [0.4, 0.5) is 17.5 Å². The second-order valence-electron chi connectivity index (χ2n) is 8.45. The van der Waals surface area contributed by atoms with Gasteiger partial charge in [-0.05, 0) is 86.7 Å². The van der Waals surface area contributed by atoms with Crippen LogP contribution in [0, 0.1) is 18.8 Å². The molecule has 1 aromatic heterocycles. The number of nitrogens with zero attached hydrogens (tertiary/aromatic N) is 2. The highest BCUT2D eigenvalue weighted by atomic mass is 16.5. The van der Waals surface area contributed by atoms with Crippen LogP contribution >= 0.6 is 0 Å². The van der Waals surface area contributed by atoms with Gasteiger partial charge in [-0.15, -0.1) is 0 Å². The number of hydrogen-bond donors (Lipinski definition) is 3. The summed E-state index contributed by atoms with van der Waals surface area (Å²) in [6, 6.07) is 6.46. The predicted octanol–water partition coefficient (Wildman–Crippen LogP) is 3.61. The Morgan fingerprint density at radius 3 is 2.71 bits per heavy atom. The standard InChI is InChI=1S/C22H29N5O/c1-13-6-20(23-2)27-22(25-13)26-18-9-14-4-3-5-28-21(14)19(10-18)15-7-16-11-24-12-17(16)8-15/h6,9-10,15-17,24H,3-5,7-8,11-12H2,1-2H3,(H2,23,25,26,27)/t15?,16-,17+. The van der Waals surface area contributed by atoms with Crippen molar-refractivity contribution in [1.29, 1.82) is 0 Å². The lowest BCUT2D eigenvalue weighted by Crippen LogP contribution is -2.15. The summed E-state index contributed by atoms with van der Waals surface area (Å²) >= 11 is 0. The third-order valence-corrected chi connectivity index (χ3v) is 6.49. The normalized spacial score (nSPS) is 25.7. The predicted molar refractivity (Wildman–Crippen MR) is 112 cm³/mol. The molecule has 5 rings (SSSR count). The van der Waals surface area contributed by atoms with Crippen LogP contribution in [-0.2, 0) is 6.42 Å². The Morgan fingerprint density at radius 1 is 1.11 bits per heavy atom. The maximum absolute atomic E-state index is 6.17. The summed E-state index contributed by atoms with van der Waals surface area (Å²) in [5.41, 5.74) is 4.72. The fraction of sp³-hybridized carbons (Fsp3) is 0.545. The average molecular weight is 380 g/mol. The minimum atomic E-state index is 0.594. The molecule has 0 radical (unpaired) electrons. The quantitative estimate of drug-likeness (QED) is 0.754. The molecule has 148 valence electrons. The second kappa shape index (κ2) is 7.24. The van der Waals surface area contributed by atoms with Crippen molar-refractivity contribution < 1.29 is 4.74 Å². The minimum absolute atomic E-state index is 0.594. The van der Waals surface area contributed by atoms with Crippen LogP contribution in [0.3, 0.4) is 0 Å². The maximum atomic E-state index is 6.17. The molecule has 0 bridgehead atoms. The van der Waals surface area contributed by atoms with Crippen molar-refractivity contribution in [3.63, 3.8) is 0 Å². The molecule has 1 aliphatic carbocycles. The van der Waals surface area contributed by atoms with Gasteiger partial charge in [0.25, 0.3) is 0 Å². The molecule has 28 heavy (non-hydrogen) atoms. The van der Waals surface area contributed by atoms with Crippen molar-refractivity contribution in [2.24, 2.45) is 11.8 Å². The van der Waals surface area contributed by atoms with E-state index in [1.165, 1.54) is 37.1 Å². The zero-order chi connectivity index (χ0) is 19.1. The van der Waals surface area contributed by atoms with Gasteiger partial charge in [-0.3, -0.25) is 0 Å². The van der Waals surface area contributed by atoms with Crippen molar-refractivity contribution in [2.75, 3.05) is 37.4 Å². The first-order valence-corrected chi connectivity index (χ1v) is 10.5. The molecule has 0 amide bonds. The van der Waals surface area contributed by atoms with E-state index in [9.17, 15) is 0 Å². The van der Waals surface area contributed by atoms with Crippen LogP contribution in [0.2, 0.25) is 0 Å². The van der Waals surface area contributed by atoms with Gasteiger partial charge in [0, 0.05) is 24.5 Å². The lowest BCUT2D eigenvalue weighted by atomic mass is 9.90. The topological polar surface area (TPSA) is 71.1 Å². The zero-order valence-corrected chi connectivity index (χ0v) is 16.7. The Balaban J connectivity index is 1.48. The van der Waals surface area contributed by atoms with Crippen LogP contribution in [0.1, 0.15) is 42.0 Å². The molecular formula is C22H29N5O. The molecule has 2 fully saturated rings. The number of rotatable bonds is 4. The summed E-state index contributed by atoms with van der Waals surface area (Å²) in [7, 11) is 1.88. The minimum Gasteiger partial charge on any atom is -0.493 e. The van der Waals surface area contributed by atoms with Gasteiger partial charge in [0.1, 0.15) is 11.6 Å². The smallest absolute Gasteiger partial charge is 0.229 e. The van der Waals surface area contributed by atoms with E-state index in [1.807, 2.05) is 20.0 Å². The van der Waals surface area contributed by atoms with Gasteiger partial charge in [0.2, 0.25) is 5.95 Å². The Kier molecular flexibility index (Phi) is 4.59. The van der Waals surface area contributed by atoms with Gasteiger partial charge in [0.15, 0.2) is 0 Å². The molecule has 6 nitrogen and oxygen atoms in total. The van der Waals surface area contributed by atoms with Crippen molar-refractivity contribution in [1.82, 2.24) is 15.3 Å². The van der Waals surface area contributed by atoms with Crippen LogP contribution in [-0.4, -0.2) is 36.7 Å². The molecule has 3 N–H and O–H groups in total. The molecule has 3 aliphatic rings. The number of hydrogen-bond acceptors (Lipinski definition) is 6. The lowest BCUT2D eigenvalue weighted by molar-refractivity contribution is 0.283. The van der Waals surface area contributed by atoms with Gasteiger partial charge >= 0.3 is 0 Å². The molecule has 1 aromatic carbocycles. The van der Waals surface area contributed by atoms with Crippen LogP contribution < -0.4 is 20.7 Å². The van der Waals surface area contributed by atoms with Crippen molar-refractivity contribution in [2.45, 2.75) is 38.5 Å². The highest BCUT2D eigenvalue weighted by Crippen LogP contribution is 2.48. The highest BCUT2D eigenvalue weighted by molar-refractivity contribution is 5.62. The first-order valence-electron chi connectivity index (χ1n) is 10.5. The van der Waals surface area contributed by atoms with Crippen molar-refractivity contribution in [3.05, 3.63) is 35.0 Å². The van der Waals surface area contributed by atoms with Gasteiger partial charge in [-0.25, -0.2) is 4.98 Å². The molecule has 2 aromatic rings. The molecule has 2 aliphatic heterocycles. The van der Waals surface area contributed by atoms with Crippen molar-refractivity contribution in [3.8, 4) is 5.75 Å². The monoisotopic (exact) mass is 379 g/mol. The molecule has 3 atom stereocenters. The van der Waals surface area contributed by atoms with E-state index in [4.69, 9.17) is 4.74 Å². The summed E-state index contributed by atoms with van der Waals surface area (Å²) in [5, 5.41) is 10.1. The summed E-state index contributed by atoms with van der Waals surface area (Å²) in [6.45, 7) is 5.17. The van der Waals surface area contributed by atoms with Crippen LogP contribution in [0.5, 0.6) is 5.75 Å².